The summed E-state index contributed by atoms with van der Waals surface area (Å²) in [7, 11) is 1.43. The van der Waals surface area contributed by atoms with E-state index in [1.54, 1.807) is 6.07 Å². The van der Waals surface area contributed by atoms with Crippen LogP contribution >= 0.6 is 24.8 Å². The monoisotopic (exact) mass is 559 g/mol. The lowest BCUT2D eigenvalue weighted by atomic mass is 10.0. The zero-order valence-corrected chi connectivity index (χ0v) is 22.0. The van der Waals surface area contributed by atoms with Crippen molar-refractivity contribution in [2.45, 2.75) is 31.6 Å². The van der Waals surface area contributed by atoms with Crippen LogP contribution in [0.3, 0.4) is 0 Å². The van der Waals surface area contributed by atoms with Crippen LogP contribution in [0.25, 0.3) is 10.9 Å². The number of nitrogens with one attached hydrogen (secondary N) is 1. The van der Waals surface area contributed by atoms with Crippen LogP contribution in [-0.2, 0) is 13.0 Å². The molecule has 6 nitrogen and oxygen atoms in total. The first-order valence-corrected chi connectivity index (χ1v) is 11.8. The van der Waals surface area contributed by atoms with Gasteiger partial charge in [0, 0.05) is 42.7 Å². The Hall–Kier alpha value is -2.46. The minimum absolute atomic E-state index is 0. The zero-order chi connectivity index (χ0) is 24.4. The minimum Gasteiger partial charge on any atom is -0.497 e. The van der Waals surface area contributed by atoms with E-state index in [2.05, 4.69) is 10.3 Å². The zero-order valence-electron chi connectivity index (χ0n) is 20.3. The van der Waals surface area contributed by atoms with E-state index < -0.39 is 17.8 Å². The molecule has 202 valence electrons. The number of aromatic nitrogens is 1. The molecule has 11 heteroatoms. The Kier molecular flexibility index (Phi) is 10.1. The van der Waals surface area contributed by atoms with E-state index in [1.807, 2.05) is 23.1 Å². The predicted octanol–water partition coefficient (Wildman–Crippen LogP) is 4.88. The fraction of sp³-hybridized carbons (Fsp3) is 0.423. The molecule has 0 unspecified atom stereocenters. The molecule has 0 aliphatic carbocycles. The second kappa shape index (κ2) is 12.9. The summed E-state index contributed by atoms with van der Waals surface area (Å²) in [5.41, 5.74) is 1.47. The van der Waals surface area contributed by atoms with Gasteiger partial charge >= 0.3 is 0 Å². The van der Waals surface area contributed by atoms with Gasteiger partial charge in [-0.25, -0.2) is 13.2 Å². The van der Waals surface area contributed by atoms with E-state index in [9.17, 15) is 13.2 Å². The molecule has 1 N–H and O–H groups in total. The van der Waals surface area contributed by atoms with E-state index in [0.717, 1.165) is 23.3 Å². The average Bonchev–Trinajstić information content (AvgIpc) is 2.87. The maximum Gasteiger partial charge on any atom is 0.161 e. The maximum atomic E-state index is 15.0. The van der Waals surface area contributed by atoms with Crippen molar-refractivity contribution >= 4 is 35.7 Å². The fourth-order valence-electron chi connectivity index (χ4n) is 4.75. The van der Waals surface area contributed by atoms with Gasteiger partial charge in [0.2, 0.25) is 0 Å². The Labute approximate surface area is 226 Å². The topological polar surface area (TPSA) is 55.9 Å². The summed E-state index contributed by atoms with van der Waals surface area (Å²) < 4.78 is 60.2. The summed E-state index contributed by atoms with van der Waals surface area (Å²) >= 11 is 0. The van der Waals surface area contributed by atoms with Gasteiger partial charge < -0.3 is 19.5 Å². The van der Waals surface area contributed by atoms with Gasteiger partial charge in [0.1, 0.15) is 36.5 Å². The summed E-state index contributed by atoms with van der Waals surface area (Å²) in [6.45, 7) is 2.99. The molecule has 1 aromatic heterocycles. The molecule has 1 fully saturated rings. The predicted molar refractivity (Wildman–Crippen MR) is 140 cm³/mol. The van der Waals surface area contributed by atoms with Gasteiger partial charge in [-0.05, 0) is 43.1 Å². The van der Waals surface area contributed by atoms with Crippen LogP contribution in [0, 0.1) is 11.6 Å². The summed E-state index contributed by atoms with van der Waals surface area (Å²) in [6, 6.07) is 8.31. The Balaban J connectivity index is 0.00000190. The molecule has 0 saturated carbocycles. The SMILES string of the molecule is COc1cc(F)c2ncc(F)c(CCN3CC[C@H](NCc4ccc5c(c4)OCCO5)[C@H](F)C3)c2c1.Cl.Cl. The number of hydrogen-bond donors (Lipinski definition) is 1. The highest BCUT2D eigenvalue weighted by atomic mass is 35.5. The minimum atomic E-state index is -1.06. The molecule has 0 bridgehead atoms. The Morgan fingerprint density at radius 2 is 1.86 bits per heavy atom. The van der Waals surface area contributed by atoms with Crippen LogP contribution in [0.2, 0.25) is 0 Å². The number of rotatable bonds is 7. The molecular weight excluding hydrogens is 530 g/mol. The third-order valence-electron chi connectivity index (χ3n) is 6.67. The Bertz CT molecular complexity index is 1220. The van der Waals surface area contributed by atoms with Crippen molar-refractivity contribution in [1.29, 1.82) is 0 Å². The van der Waals surface area contributed by atoms with E-state index >= 15 is 0 Å². The summed E-state index contributed by atoms with van der Waals surface area (Å²) in [4.78, 5) is 5.88. The molecule has 37 heavy (non-hydrogen) atoms. The van der Waals surface area contributed by atoms with Crippen LogP contribution < -0.4 is 19.5 Å². The van der Waals surface area contributed by atoms with Crippen molar-refractivity contribution in [2.24, 2.45) is 0 Å². The first-order valence-electron chi connectivity index (χ1n) is 11.8. The van der Waals surface area contributed by atoms with E-state index in [1.165, 1.54) is 13.2 Å². The van der Waals surface area contributed by atoms with Crippen molar-refractivity contribution in [3.05, 3.63) is 59.3 Å². The van der Waals surface area contributed by atoms with Crippen molar-refractivity contribution in [2.75, 3.05) is 40.0 Å². The molecule has 5 rings (SSSR count). The van der Waals surface area contributed by atoms with Gasteiger partial charge in [0.05, 0.1) is 13.3 Å². The van der Waals surface area contributed by atoms with E-state index in [0.29, 0.717) is 62.4 Å². The van der Waals surface area contributed by atoms with E-state index in [-0.39, 0.29) is 42.9 Å². The molecular formula is C26H30Cl2F3N3O3. The molecule has 2 aliphatic rings. The molecule has 2 aromatic carbocycles. The van der Waals surface area contributed by atoms with Gasteiger partial charge in [0.15, 0.2) is 17.3 Å². The number of hydrogen-bond acceptors (Lipinski definition) is 6. The summed E-state index contributed by atoms with van der Waals surface area (Å²) in [5.74, 6) is 0.691. The fourth-order valence-corrected chi connectivity index (χ4v) is 4.75. The van der Waals surface area contributed by atoms with Gasteiger partial charge in [-0.3, -0.25) is 9.88 Å². The highest BCUT2D eigenvalue weighted by Gasteiger charge is 2.29. The number of likely N-dealkylation sites (tertiary alicyclic amines) is 1. The Morgan fingerprint density at radius 1 is 1.08 bits per heavy atom. The van der Waals surface area contributed by atoms with Gasteiger partial charge in [-0.2, -0.15) is 0 Å². The lowest BCUT2D eigenvalue weighted by Crippen LogP contribution is -2.51. The number of pyridine rings is 1. The second-order valence-electron chi connectivity index (χ2n) is 8.91. The first kappa shape index (κ1) is 29.1. The number of alkyl halides is 1. The summed E-state index contributed by atoms with van der Waals surface area (Å²) in [5, 5.41) is 3.70. The van der Waals surface area contributed by atoms with Crippen LogP contribution in [-0.4, -0.2) is 62.1 Å². The quantitative estimate of drug-likeness (QED) is 0.445. The smallest absolute Gasteiger partial charge is 0.161 e. The summed E-state index contributed by atoms with van der Waals surface area (Å²) in [6.07, 6.45) is 0.935. The Morgan fingerprint density at radius 3 is 2.62 bits per heavy atom. The third kappa shape index (κ3) is 6.52. The number of methoxy groups -OCH3 is 1. The number of fused-ring (bicyclic) bond motifs is 2. The van der Waals surface area contributed by atoms with Crippen LogP contribution in [0.1, 0.15) is 17.5 Å². The number of piperidine rings is 1. The largest absolute Gasteiger partial charge is 0.497 e. The molecule has 1 saturated heterocycles. The van der Waals surface area contributed by atoms with Crippen LogP contribution in [0.15, 0.2) is 36.5 Å². The molecule has 2 aliphatic heterocycles. The highest BCUT2D eigenvalue weighted by molar-refractivity contribution is 5.86. The maximum absolute atomic E-state index is 15.0. The van der Waals surface area contributed by atoms with Crippen LogP contribution in [0.4, 0.5) is 13.2 Å². The van der Waals surface area contributed by atoms with Crippen molar-refractivity contribution in [3.8, 4) is 17.2 Å². The van der Waals surface area contributed by atoms with Gasteiger partial charge in [-0.15, -0.1) is 24.8 Å². The third-order valence-corrected chi connectivity index (χ3v) is 6.67. The highest BCUT2D eigenvalue weighted by Crippen LogP contribution is 2.31. The van der Waals surface area contributed by atoms with E-state index in [4.69, 9.17) is 14.2 Å². The normalized spacial score (nSPS) is 19.1. The van der Waals surface area contributed by atoms with Crippen molar-refractivity contribution in [3.63, 3.8) is 0 Å². The number of halogens is 5. The number of nitrogens with zero attached hydrogens (tertiary/aromatic N) is 2. The molecule has 0 radical (unpaired) electrons. The average molecular weight is 560 g/mol. The lowest BCUT2D eigenvalue weighted by molar-refractivity contribution is 0.104. The number of ether oxygens (including phenoxy) is 3. The van der Waals surface area contributed by atoms with Crippen LogP contribution in [0.5, 0.6) is 17.2 Å². The molecule has 0 amide bonds. The molecule has 2 atom stereocenters. The molecule has 3 heterocycles. The first-order chi connectivity index (χ1) is 17.0. The van der Waals surface area contributed by atoms with Gasteiger partial charge in [0.25, 0.3) is 0 Å². The van der Waals surface area contributed by atoms with Gasteiger partial charge in [-0.1, -0.05) is 6.07 Å². The van der Waals surface area contributed by atoms with Crippen molar-refractivity contribution < 1.29 is 27.4 Å². The van der Waals surface area contributed by atoms with Crippen molar-refractivity contribution in [1.82, 2.24) is 15.2 Å². The lowest BCUT2D eigenvalue weighted by Gasteiger charge is -2.35. The second-order valence-corrected chi connectivity index (χ2v) is 8.91. The molecule has 3 aromatic rings. The molecule has 0 spiro atoms. The number of benzene rings is 2. The standard InChI is InChI=1S/C26H28F3N3O3.2ClH/c1-33-17-11-19-18(21(28)14-31-26(19)20(27)12-17)4-6-32-7-5-23(22(29)15-32)30-13-16-2-3-24-25(10-16)35-9-8-34-24;;/h2-3,10-12,14,22-23,30H,4-9,13,15H2,1H3;2*1H/t22-,23+;;/m1../s1.